The minimum Gasteiger partial charge on any atom is -0.444 e. The Bertz CT molecular complexity index is 1410. The highest BCUT2D eigenvalue weighted by molar-refractivity contribution is 7.92. The normalized spacial score (nSPS) is 12.0. The minimum absolute atomic E-state index is 0.0294. The highest BCUT2D eigenvalue weighted by atomic mass is 32.3. The number of hydrogen-bond donors (Lipinski definition) is 4. The summed E-state index contributed by atoms with van der Waals surface area (Å²) in [5, 5.41) is 26.7. The zero-order valence-corrected chi connectivity index (χ0v) is 27.8. The quantitative estimate of drug-likeness (QED) is 0.141. The maximum Gasteiger partial charge on any atom is 0.407 e. The molecule has 0 unspecified atom stereocenters. The van der Waals surface area contributed by atoms with Crippen LogP contribution in [0.3, 0.4) is 0 Å². The lowest BCUT2D eigenvalue weighted by molar-refractivity contribution is -0.384. The molecular weight excluding hydrogens is 669 g/mol. The number of carbonyl (C=O) groups excluding carboxylic acids is 2. The summed E-state index contributed by atoms with van der Waals surface area (Å²) in [6.45, 7) is 10.2. The van der Waals surface area contributed by atoms with Crippen LogP contribution in [0, 0.1) is 20.2 Å². The highest BCUT2D eigenvalue weighted by Gasteiger charge is 2.22. The number of nitrogens with zero attached hydrogens (tertiary/aromatic N) is 2. The summed E-state index contributed by atoms with van der Waals surface area (Å²) in [5.41, 5.74) is -1.56. The van der Waals surface area contributed by atoms with Crippen LogP contribution in [-0.2, 0) is 29.5 Å². The minimum atomic E-state index is -3.83. The number of thiophene rings is 2. The molecule has 0 aliphatic carbocycles. The molecule has 2 amide bonds. The van der Waals surface area contributed by atoms with Crippen LogP contribution in [0.5, 0.6) is 0 Å². The first-order valence-corrected chi connectivity index (χ1v) is 17.1. The Balaban J connectivity index is 0.000000440. The smallest absolute Gasteiger partial charge is 0.407 e. The second-order valence-corrected chi connectivity index (χ2v) is 16.3. The van der Waals surface area contributed by atoms with E-state index in [2.05, 4.69) is 20.1 Å². The van der Waals surface area contributed by atoms with E-state index in [1.54, 1.807) is 41.5 Å². The summed E-state index contributed by atoms with van der Waals surface area (Å²) < 4.78 is 61.6. The number of rotatable bonds is 12. The third-order valence-corrected chi connectivity index (χ3v) is 10.1. The van der Waals surface area contributed by atoms with Gasteiger partial charge in [0.1, 0.15) is 19.6 Å². The van der Waals surface area contributed by atoms with Crippen molar-refractivity contribution >= 4 is 65.6 Å². The molecule has 2 aromatic heterocycles. The van der Waals surface area contributed by atoms with Crippen LogP contribution in [0.4, 0.5) is 20.3 Å². The number of hydrogen-bond acceptors (Lipinski definition) is 14. The van der Waals surface area contributed by atoms with Gasteiger partial charge in [0.15, 0.2) is 0 Å². The van der Waals surface area contributed by atoms with Crippen LogP contribution in [0.15, 0.2) is 32.0 Å². The maximum atomic E-state index is 11.9. The van der Waals surface area contributed by atoms with E-state index >= 15 is 0 Å². The lowest BCUT2D eigenvalue weighted by Crippen LogP contribution is -2.37. The predicted molar refractivity (Wildman–Crippen MR) is 161 cm³/mol. The van der Waals surface area contributed by atoms with E-state index in [-0.39, 0.29) is 45.3 Å². The van der Waals surface area contributed by atoms with Crippen molar-refractivity contribution in [1.82, 2.24) is 20.1 Å². The first-order chi connectivity index (χ1) is 20.0. The lowest BCUT2D eigenvalue weighted by Gasteiger charge is -2.19. The van der Waals surface area contributed by atoms with Gasteiger partial charge in [-0.2, -0.15) is 0 Å². The van der Waals surface area contributed by atoms with Gasteiger partial charge in [0.2, 0.25) is 20.0 Å². The number of sulfonamides is 2. The van der Waals surface area contributed by atoms with E-state index in [1.807, 2.05) is 0 Å². The summed E-state index contributed by atoms with van der Waals surface area (Å²) in [6, 6.07) is 3.26. The average Bonchev–Trinajstić information content (AvgIpc) is 3.54. The van der Waals surface area contributed by atoms with Crippen LogP contribution in [-0.4, -0.2) is 76.2 Å². The molecule has 0 bridgehead atoms. The Morgan fingerprint density at radius 1 is 0.773 bits per heavy atom. The van der Waals surface area contributed by atoms with Crippen LogP contribution >= 0.6 is 22.7 Å². The Morgan fingerprint density at radius 2 is 1.23 bits per heavy atom. The summed E-state index contributed by atoms with van der Waals surface area (Å²) in [7, 11) is -7.67. The fourth-order valence-electron chi connectivity index (χ4n) is 2.57. The molecule has 0 saturated heterocycles. The molecule has 4 N–H and O–H groups in total. The fraction of sp³-hybridized carbons (Fsp3) is 0.545. The van der Waals surface area contributed by atoms with E-state index < -0.39 is 53.3 Å². The molecule has 0 aromatic carbocycles. The second kappa shape index (κ2) is 16.0. The number of nitro groups is 2. The van der Waals surface area contributed by atoms with E-state index in [9.17, 15) is 46.7 Å². The van der Waals surface area contributed by atoms with Gasteiger partial charge in [0.05, 0.1) is 15.2 Å². The first kappa shape index (κ1) is 38.6. The SMILES string of the molecule is CC(C)(C)OC(=O)NCCNS(=O)(=O)c1cc([N+](=O)[O-])cs1.CC(C)(C)OC(=O)NCCNS(=O)(=O)c1ccc([N+](=O)[O-])s1. The van der Waals surface area contributed by atoms with E-state index in [0.717, 1.165) is 34.9 Å². The third kappa shape index (κ3) is 14.8. The monoisotopic (exact) mass is 702 g/mol. The van der Waals surface area contributed by atoms with Gasteiger partial charge < -0.3 is 20.1 Å². The van der Waals surface area contributed by atoms with Gasteiger partial charge in [-0.15, -0.1) is 11.3 Å². The van der Waals surface area contributed by atoms with Gasteiger partial charge in [-0.05, 0) is 58.9 Å². The summed E-state index contributed by atoms with van der Waals surface area (Å²) in [6.07, 6.45) is -1.31. The van der Waals surface area contributed by atoms with Crippen molar-refractivity contribution in [3.63, 3.8) is 0 Å². The molecule has 0 radical (unpaired) electrons. The number of ether oxygens (including phenoxy) is 2. The molecule has 0 spiro atoms. The largest absolute Gasteiger partial charge is 0.444 e. The van der Waals surface area contributed by atoms with Gasteiger partial charge in [0.25, 0.3) is 5.69 Å². The summed E-state index contributed by atoms with van der Waals surface area (Å²) in [5.74, 6) is 0. The van der Waals surface area contributed by atoms with Crippen molar-refractivity contribution in [3.8, 4) is 0 Å². The molecule has 0 aliphatic rings. The van der Waals surface area contributed by atoms with Crippen molar-refractivity contribution in [3.05, 3.63) is 43.8 Å². The zero-order valence-electron chi connectivity index (χ0n) is 24.6. The Hall–Kier alpha value is -3.44. The molecule has 22 heteroatoms. The number of carbonyl (C=O) groups is 2. The summed E-state index contributed by atoms with van der Waals surface area (Å²) in [4.78, 5) is 42.4. The molecule has 0 saturated carbocycles. The number of amides is 2. The molecule has 18 nitrogen and oxygen atoms in total. The average molecular weight is 703 g/mol. The van der Waals surface area contributed by atoms with Crippen LogP contribution < -0.4 is 20.1 Å². The Morgan fingerprint density at radius 3 is 1.59 bits per heavy atom. The van der Waals surface area contributed by atoms with Crippen molar-refractivity contribution in [1.29, 1.82) is 0 Å². The van der Waals surface area contributed by atoms with Crippen LogP contribution in [0.25, 0.3) is 0 Å². The third-order valence-electron chi connectivity index (χ3n) is 4.22. The van der Waals surface area contributed by atoms with E-state index in [1.165, 1.54) is 0 Å². The molecular formula is C22H34N6O12S4. The lowest BCUT2D eigenvalue weighted by atomic mass is 10.2. The van der Waals surface area contributed by atoms with Gasteiger partial charge in [-0.1, -0.05) is 0 Å². The Labute approximate surface area is 261 Å². The maximum absolute atomic E-state index is 11.9. The van der Waals surface area contributed by atoms with E-state index in [0.29, 0.717) is 11.3 Å². The van der Waals surface area contributed by atoms with Gasteiger partial charge >= 0.3 is 17.2 Å². The van der Waals surface area contributed by atoms with Crippen molar-refractivity contribution in [2.45, 2.75) is 61.2 Å². The predicted octanol–water partition coefficient (Wildman–Crippen LogP) is 2.92. The molecule has 0 aliphatic heterocycles. The van der Waals surface area contributed by atoms with Gasteiger partial charge in [-0.3, -0.25) is 20.2 Å². The number of alkyl carbamates (subject to hydrolysis) is 2. The molecule has 248 valence electrons. The number of nitrogens with one attached hydrogen (secondary N) is 4. The fourth-order valence-corrected chi connectivity index (χ4v) is 6.95. The zero-order chi connectivity index (χ0) is 33.9. The molecule has 0 fully saturated rings. The first-order valence-electron chi connectivity index (χ1n) is 12.4. The van der Waals surface area contributed by atoms with Crippen molar-refractivity contribution in [2.24, 2.45) is 0 Å². The van der Waals surface area contributed by atoms with Crippen LogP contribution in [0.1, 0.15) is 41.5 Å². The second-order valence-electron chi connectivity index (χ2n) is 10.4. The molecule has 44 heavy (non-hydrogen) atoms. The van der Waals surface area contributed by atoms with E-state index in [4.69, 9.17) is 9.47 Å². The van der Waals surface area contributed by atoms with Gasteiger partial charge in [-0.25, -0.2) is 35.9 Å². The topological polar surface area (TPSA) is 255 Å². The molecule has 2 heterocycles. The standard InChI is InChI=1S/2C11H17N3O6S2/c1-11(2,3)20-10(15)12-4-5-13-22(18,19)9-6-8(7-21-9)14(16)17;1-11(2,3)20-10(15)12-6-7-13-22(18,19)9-5-4-8(21-9)14(16)17/h6-7,13H,4-5H2,1-3H3,(H,12,15);4-5,13H,6-7H2,1-3H3,(H,12,15). The molecule has 0 atom stereocenters. The summed E-state index contributed by atoms with van der Waals surface area (Å²) >= 11 is 1.31. The van der Waals surface area contributed by atoms with Crippen LogP contribution in [0.2, 0.25) is 0 Å². The van der Waals surface area contributed by atoms with Gasteiger partial charge in [0, 0.05) is 38.3 Å². The molecule has 2 aromatic rings. The van der Waals surface area contributed by atoms with Crippen molar-refractivity contribution in [2.75, 3.05) is 26.2 Å². The molecule has 2 rings (SSSR count). The highest BCUT2D eigenvalue weighted by Crippen LogP contribution is 2.27. The Kier molecular flexibility index (Phi) is 14.1. The van der Waals surface area contributed by atoms with Crippen molar-refractivity contribution < 1.29 is 45.7 Å².